The number of pyridine rings is 2. The van der Waals surface area contributed by atoms with Crippen molar-refractivity contribution in [1.29, 1.82) is 0 Å². The molecule has 4 nitrogen and oxygen atoms in total. The van der Waals surface area contributed by atoms with Gasteiger partial charge in [-0.05, 0) is 73.7 Å². The molecule has 3 rings (SSSR count). The number of anilines is 1. The number of carbonyl (C=O) groups is 1. The van der Waals surface area contributed by atoms with Gasteiger partial charge >= 0.3 is 0 Å². The average molecular weight is 460 g/mol. The number of nitrogens with zero attached hydrogens (tertiary/aromatic N) is 2. The molecule has 34 heavy (non-hydrogen) atoms. The third-order valence-electron chi connectivity index (χ3n) is 4.83. The van der Waals surface area contributed by atoms with Gasteiger partial charge in [0, 0.05) is 18.0 Å². The third-order valence-corrected chi connectivity index (χ3v) is 4.83. The first-order valence-corrected chi connectivity index (χ1v) is 11.7. The molecule has 0 saturated heterocycles. The summed E-state index contributed by atoms with van der Waals surface area (Å²) in [7, 11) is 0. The molecule has 0 spiro atoms. The van der Waals surface area contributed by atoms with Crippen LogP contribution >= 0.6 is 0 Å². The summed E-state index contributed by atoms with van der Waals surface area (Å²) in [4.78, 5) is 21.4. The maximum absolute atomic E-state index is 13.4. The Morgan fingerprint density at radius 2 is 1.79 bits per heavy atom. The molecule has 1 amide bonds. The van der Waals surface area contributed by atoms with Gasteiger partial charge in [-0.15, -0.1) is 0 Å². The highest BCUT2D eigenvalue weighted by atomic mass is 19.1. The maximum Gasteiger partial charge on any atom is 0.230 e. The van der Waals surface area contributed by atoms with E-state index in [2.05, 4.69) is 48.2 Å². The van der Waals surface area contributed by atoms with Crippen molar-refractivity contribution < 1.29 is 9.18 Å². The first kappa shape index (κ1) is 26.7. The van der Waals surface area contributed by atoms with Crippen molar-refractivity contribution in [2.24, 2.45) is 0 Å². The molecular formula is C29H34FN3O. The molecule has 5 heteroatoms. The summed E-state index contributed by atoms with van der Waals surface area (Å²) in [5, 5.41) is 2.81. The molecule has 0 aliphatic rings. The first-order chi connectivity index (χ1) is 16.4. The van der Waals surface area contributed by atoms with Crippen LogP contribution in [0.15, 0.2) is 72.6 Å². The fourth-order valence-corrected chi connectivity index (χ4v) is 3.47. The summed E-state index contributed by atoms with van der Waals surface area (Å²) in [6, 6.07) is 11.8. The van der Waals surface area contributed by atoms with Crippen molar-refractivity contribution in [1.82, 2.24) is 9.97 Å². The summed E-state index contributed by atoms with van der Waals surface area (Å²) in [5.41, 5.74) is 6.64. The highest BCUT2D eigenvalue weighted by Gasteiger charge is 2.10. The molecule has 1 aromatic carbocycles. The number of hydrogen-bond donors (Lipinski definition) is 1. The quantitative estimate of drug-likeness (QED) is 0.371. The highest BCUT2D eigenvalue weighted by molar-refractivity contribution is 5.91. The van der Waals surface area contributed by atoms with Gasteiger partial charge < -0.3 is 5.32 Å². The number of rotatable bonds is 7. The summed E-state index contributed by atoms with van der Waals surface area (Å²) in [6.07, 6.45) is 8.80. The number of nitrogens with one attached hydrogen (secondary N) is 1. The van der Waals surface area contributed by atoms with Gasteiger partial charge in [0.05, 0.1) is 12.1 Å². The molecule has 1 N–H and O–H groups in total. The van der Waals surface area contributed by atoms with Gasteiger partial charge in [0.2, 0.25) is 5.91 Å². The van der Waals surface area contributed by atoms with Gasteiger partial charge in [0.25, 0.3) is 0 Å². The Kier molecular flexibility index (Phi) is 10.3. The van der Waals surface area contributed by atoms with Crippen molar-refractivity contribution in [3.8, 4) is 11.1 Å². The van der Waals surface area contributed by atoms with Crippen LogP contribution in [-0.4, -0.2) is 15.9 Å². The minimum Gasteiger partial charge on any atom is -0.310 e. The Labute approximate surface area is 202 Å². The number of carbonyl (C=O) groups excluding carboxylic acids is 1. The van der Waals surface area contributed by atoms with Crippen LogP contribution in [0, 0.1) is 12.7 Å². The number of aromatic nitrogens is 2. The molecule has 0 saturated carbocycles. The standard InChI is InChI=1S/C27H28FN3O.C2H6/c1-5-7-22(12-18(2)3)27-19(4)13-20(16-30-27)14-26(32)31-25-11-10-23(17-29-25)21-8-6-9-24(28)15-21;1-2/h6-13,15-17H,5,14H2,1-4H3,(H,29,31,32);1-2H3/b22-7+;. The lowest BCUT2D eigenvalue weighted by Crippen LogP contribution is -2.15. The largest absolute Gasteiger partial charge is 0.310 e. The lowest BCUT2D eigenvalue weighted by molar-refractivity contribution is -0.115. The molecule has 0 fully saturated rings. The lowest BCUT2D eigenvalue weighted by atomic mass is 10.0. The summed E-state index contributed by atoms with van der Waals surface area (Å²) >= 11 is 0. The fourth-order valence-electron chi connectivity index (χ4n) is 3.47. The maximum atomic E-state index is 13.4. The zero-order valence-electron chi connectivity index (χ0n) is 20.9. The predicted molar refractivity (Wildman–Crippen MR) is 140 cm³/mol. The molecule has 3 aromatic rings. The second kappa shape index (κ2) is 13.2. The summed E-state index contributed by atoms with van der Waals surface area (Å²) in [6.45, 7) is 12.2. The third kappa shape index (κ3) is 7.77. The van der Waals surface area contributed by atoms with Crippen molar-refractivity contribution in [3.63, 3.8) is 0 Å². The van der Waals surface area contributed by atoms with E-state index in [1.807, 2.05) is 39.0 Å². The Morgan fingerprint density at radius 3 is 2.38 bits per heavy atom. The molecule has 2 aromatic heterocycles. The Bertz CT molecular complexity index is 1160. The van der Waals surface area contributed by atoms with E-state index in [0.29, 0.717) is 5.82 Å². The first-order valence-electron chi connectivity index (χ1n) is 11.7. The molecule has 178 valence electrons. The van der Waals surface area contributed by atoms with E-state index in [1.54, 1.807) is 24.5 Å². The Morgan fingerprint density at radius 1 is 1.03 bits per heavy atom. The van der Waals surface area contributed by atoms with E-state index in [9.17, 15) is 9.18 Å². The number of hydrogen-bond acceptors (Lipinski definition) is 3. The van der Waals surface area contributed by atoms with Gasteiger partial charge in [-0.3, -0.25) is 9.78 Å². The number of amides is 1. The topological polar surface area (TPSA) is 54.9 Å². The van der Waals surface area contributed by atoms with Gasteiger partial charge in [0.1, 0.15) is 11.6 Å². The molecule has 0 aliphatic carbocycles. The summed E-state index contributed by atoms with van der Waals surface area (Å²) < 4.78 is 13.4. The van der Waals surface area contributed by atoms with Crippen LogP contribution in [0.3, 0.4) is 0 Å². The van der Waals surface area contributed by atoms with Crippen LogP contribution in [-0.2, 0) is 11.2 Å². The van der Waals surface area contributed by atoms with Crippen LogP contribution in [0.4, 0.5) is 10.2 Å². The van der Waals surface area contributed by atoms with Gasteiger partial charge in [0.15, 0.2) is 0 Å². The summed E-state index contributed by atoms with van der Waals surface area (Å²) in [5.74, 6) is -0.0142. The Hall–Kier alpha value is -3.60. The molecular weight excluding hydrogens is 425 g/mol. The van der Waals surface area contributed by atoms with Crippen LogP contribution in [0.1, 0.15) is 57.9 Å². The number of allylic oxidation sites excluding steroid dienone is 4. The van der Waals surface area contributed by atoms with Crippen molar-refractivity contribution in [2.75, 3.05) is 5.32 Å². The smallest absolute Gasteiger partial charge is 0.230 e. The number of aryl methyl sites for hydroxylation is 1. The fraction of sp³-hybridized carbons (Fsp3) is 0.276. The van der Waals surface area contributed by atoms with Gasteiger partial charge in [-0.1, -0.05) is 56.7 Å². The number of benzene rings is 1. The zero-order chi connectivity index (χ0) is 25.1. The molecule has 0 radical (unpaired) electrons. The molecule has 0 aliphatic heterocycles. The van der Waals surface area contributed by atoms with Gasteiger partial charge in [-0.25, -0.2) is 9.37 Å². The van der Waals surface area contributed by atoms with Gasteiger partial charge in [-0.2, -0.15) is 0 Å². The van der Waals surface area contributed by atoms with E-state index in [4.69, 9.17) is 0 Å². The van der Waals surface area contributed by atoms with Crippen LogP contribution in [0.5, 0.6) is 0 Å². The minimum absolute atomic E-state index is 0.168. The lowest BCUT2D eigenvalue weighted by Gasteiger charge is -2.10. The van der Waals surface area contributed by atoms with Crippen LogP contribution in [0.2, 0.25) is 0 Å². The second-order valence-corrected chi connectivity index (χ2v) is 7.97. The highest BCUT2D eigenvalue weighted by Crippen LogP contribution is 2.22. The molecule has 0 atom stereocenters. The second-order valence-electron chi connectivity index (χ2n) is 7.97. The van der Waals surface area contributed by atoms with E-state index in [1.165, 1.54) is 17.7 Å². The average Bonchev–Trinajstić information content (AvgIpc) is 2.80. The molecule has 0 unspecified atom stereocenters. The van der Waals surface area contributed by atoms with Crippen LogP contribution in [0.25, 0.3) is 16.7 Å². The Balaban J connectivity index is 0.00000199. The van der Waals surface area contributed by atoms with E-state index >= 15 is 0 Å². The number of halogens is 1. The van der Waals surface area contributed by atoms with Crippen molar-refractivity contribution in [3.05, 3.63) is 95.2 Å². The predicted octanol–water partition coefficient (Wildman–Crippen LogP) is 7.56. The van der Waals surface area contributed by atoms with Crippen molar-refractivity contribution >= 4 is 17.3 Å². The molecule has 0 bridgehead atoms. The van der Waals surface area contributed by atoms with E-state index < -0.39 is 0 Å². The minimum atomic E-state index is -0.298. The normalized spacial score (nSPS) is 10.7. The molecule has 2 heterocycles. The van der Waals surface area contributed by atoms with E-state index in [0.717, 1.165) is 39.9 Å². The van der Waals surface area contributed by atoms with E-state index in [-0.39, 0.29) is 18.1 Å². The monoisotopic (exact) mass is 459 g/mol. The van der Waals surface area contributed by atoms with Crippen molar-refractivity contribution in [2.45, 2.75) is 54.4 Å². The SMILES string of the molecule is CC.CC/C=C(\C=C(C)C)c1ncc(CC(=O)Nc2ccc(-c3cccc(F)c3)cn2)cc1C. The zero-order valence-corrected chi connectivity index (χ0v) is 20.9. The van der Waals surface area contributed by atoms with Crippen LogP contribution < -0.4 is 5.32 Å².